The van der Waals surface area contributed by atoms with Crippen molar-refractivity contribution in [1.82, 2.24) is 4.90 Å². The van der Waals surface area contributed by atoms with Crippen molar-refractivity contribution in [1.29, 1.82) is 0 Å². The Balaban J connectivity index is 2.40. The summed E-state index contributed by atoms with van der Waals surface area (Å²) in [6.07, 6.45) is 6.04. The number of rotatable bonds is 3. The smallest absolute Gasteiger partial charge is 0.243 e. The third-order valence-electron chi connectivity index (χ3n) is 2.92. The van der Waals surface area contributed by atoms with Gasteiger partial charge in [-0.15, -0.1) is 0 Å². The first-order chi connectivity index (χ1) is 7.11. The number of carbonyl (C=O) groups is 1. The maximum Gasteiger partial charge on any atom is 0.243 e. The summed E-state index contributed by atoms with van der Waals surface area (Å²) in [6, 6.07) is 0. The molecule has 1 fully saturated rings. The van der Waals surface area contributed by atoms with Crippen LogP contribution in [-0.4, -0.2) is 37.3 Å². The van der Waals surface area contributed by atoms with Crippen molar-refractivity contribution in [2.45, 2.75) is 32.1 Å². The van der Waals surface area contributed by atoms with Crippen molar-refractivity contribution in [3.05, 3.63) is 0 Å². The number of amidine groups is 1. The molecule has 0 aromatic rings. The fourth-order valence-electron chi connectivity index (χ4n) is 1.83. The van der Waals surface area contributed by atoms with Gasteiger partial charge < -0.3 is 10.6 Å². The first-order valence-corrected chi connectivity index (χ1v) is 5.61. The van der Waals surface area contributed by atoms with Crippen molar-refractivity contribution >= 4 is 11.7 Å². The fourth-order valence-corrected chi connectivity index (χ4v) is 1.83. The minimum atomic E-state index is 0.00811. The van der Waals surface area contributed by atoms with Gasteiger partial charge in [0.25, 0.3) is 0 Å². The van der Waals surface area contributed by atoms with E-state index in [-0.39, 0.29) is 12.5 Å². The highest BCUT2D eigenvalue weighted by Gasteiger charge is 2.17. The van der Waals surface area contributed by atoms with Gasteiger partial charge in [-0.2, -0.15) is 0 Å². The number of hydrogen-bond donors (Lipinski definition) is 1. The van der Waals surface area contributed by atoms with Crippen LogP contribution in [0.4, 0.5) is 0 Å². The van der Waals surface area contributed by atoms with E-state index in [1.165, 1.54) is 24.2 Å². The van der Waals surface area contributed by atoms with Gasteiger partial charge in [0.1, 0.15) is 6.54 Å². The van der Waals surface area contributed by atoms with Gasteiger partial charge in [0.2, 0.25) is 5.91 Å². The number of nitrogens with two attached hydrogens (primary N) is 1. The number of likely N-dealkylation sites (N-methyl/N-ethyl adjacent to an activating group) is 1. The van der Waals surface area contributed by atoms with Crippen LogP contribution in [0.1, 0.15) is 32.1 Å². The second-order valence-corrected chi connectivity index (χ2v) is 4.36. The third-order valence-corrected chi connectivity index (χ3v) is 2.92. The number of hydrogen-bond acceptors (Lipinski definition) is 2. The van der Waals surface area contributed by atoms with E-state index < -0.39 is 0 Å². The molecule has 1 aliphatic carbocycles. The van der Waals surface area contributed by atoms with Crippen LogP contribution in [0, 0.1) is 5.92 Å². The minimum Gasteiger partial charge on any atom is -0.387 e. The average molecular weight is 211 g/mol. The maximum absolute atomic E-state index is 11.3. The lowest BCUT2D eigenvalue weighted by Gasteiger charge is -2.21. The summed E-state index contributed by atoms with van der Waals surface area (Å²) >= 11 is 0. The molecule has 86 valence electrons. The van der Waals surface area contributed by atoms with Gasteiger partial charge in [0.05, 0.1) is 5.84 Å². The molecule has 4 heteroatoms. The molecule has 0 radical (unpaired) electrons. The summed E-state index contributed by atoms with van der Waals surface area (Å²) < 4.78 is 0. The van der Waals surface area contributed by atoms with Crippen LogP contribution in [0.25, 0.3) is 0 Å². The summed E-state index contributed by atoms with van der Waals surface area (Å²) in [7, 11) is 3.46. The van der Waals surface area contributed by atoms with Gasteiger partial charge in [0, 0.05) is 20.0 Å². The van der Waals surface area contributed by atoms with Crippen LogP contribution in [0.3, 0.4) is 0 Å². The topological polar surface area (TPSA) is 58.7 Å². The van der Waals surface area contributed by atoms with E-state index in [1.807, 2.05) is 0 Å². The van der Waals surface area contributed by atoms with E-state index in [1.54, 1.807) is 14.1 Å². The first kappa shape index (κ1) is 12.0. The minimum absolute atomic E-state index is 0.00811. The average Bonchev–Trinajstić information content (AvgIpc) is 2.26. The number of aliphatic imine (C=N–C) groups is 1. The largest absolute Gasteiger partial charge is 0.387 e. The van der Waals surface area contributed by atoms with E-state index in [4.69, 9.17) is 5.73 Å². The summed E-state index contributed by atoms with van der Waals surface area (Å²) in [5.74, 6) is 1.09. The molecular formula is C11H21N3O. The standard InChI is InChI=1S/C11H21N3O/c1-14(2)10(15)8-13-11(12)9-6-4-3-5-7-9/h9H,3-8H2,1-2H3,(H2,12,13). The Morgan fingerprint density at radius 3 is 2.47 bits per heavy atom. The molecule has 1 amide bonds. The van der Waals surface area contributed by atoms with Gasteiger partial charge in [-0.1, -0.05) is 19.3 Å². The predicted molar refractivity (Wildman–Crippen MR) is 61.8 cm³/mol. The van der Waals surface area contributed by atoms with E-state index in [2.05, 4.69) is 4.99 Å². The normalized spacial score (nSPS) is 18.9. The zero-order chi connectivity index (χ0) is 11.3. The molecule has 0 aliphatic heterocycles. The molecule has 0 spiro atoms. The van der Waals surface area contributed by atoms with Crippen LogP contribution >= 0.6 is 0 Å². The summed E-state index contributed by atoms with van der Waals surface area (Å²) in [5, 5.41) is 0. The van der Waals surface area contributed by atoms with Gasteiger partial charge >= 0.3 is 0 Å². The SMILES string of the molecule is CN(C)C(=O)CN=C(N)C1CCCCC1. The lowest BCUT2D eigenvalue weighted by Crippen LogP contribution is -2.29. The lowest BCUT2D eigenvalue weighted by atomic mass is 9.88. The summed E-state index contributed by atoms with van der Waals surface area (Å²) in [6.45, 7) is 0.190. The molecule has 0 heterocycles. The highest BCUT2D eigenvalue weighted by molar-refractivity contribution is 5.86. The third kappa shape index (κ3) is 3.90. The summed E-state index contributed by atoms with van der Waals surface area (Å²) in [4.78, 5) is 17.0. The van der Waals surface area contributed by atoms with E-state index in [0.29, 0.717) is 11.8 Å². The van der Waals surface area contributed by atoms with Crippen molar-refractivity contribution in [3.8, 4) is 0 Å². The molecule has 1 saturated carbocycles. The molecule has 15 heavy (non-hydrogen) atoms. The number of carbonyl (C=O) groups excluding carboxylic acids is 1. The molecule has 0 aromatic heterocycles. The van der Waals surface area contributed by atoms with E-state index in [0.717, 1.165) is 12.8 Å². The molecular weight excluding hydrogens is 190 g/mol. The van der Waals surface area contributed by atoms with E-state index in [9.17, 15) is 4.79 Å². The highest BCUT2D eigenvalue weighted by atomic mass is 16.2. The van der Waals surface area contributed by atoms with Gasteiger partial charge in [-0.05, 0) is 12.8 Å². The molecule has 1 rings (SSSR count). The molecule has 0 saturated heterocycles. The monoisotopic (exact) mass is 211 g/mol. The predicted octanol–water partition coefficient (Wildman–Crippen LogP) is 1.01. The van der Waals surface area contributed by atoms with Crippen molar-refractivity contribution in [2.75, 3.05) is 20.6 Å². The van der Waals surface area contributed by atoms with Gasteiger partial charge in [-0.3, -0.25) is 9.79 Å². The Hall–Kier alpha value is -1.06. The van der Waals surface area contributed by atoms with Crippen molar-refractivity contribution < 1.29 is 4.79 Å². The second kappa shape index (κ2) is 5.73. The Labute approximate surface area is 91.5 Å². The van der Waals surface area contributed by atoms with Gasteiger partial charge in [-0.25, -0.2) is 0 Å². The van der Waals surface area contributed by atoms with Gasteiger partial charge in [0.15, 0.2) is 0 Å². The molecule has 1 aliphatic rings. The van der Waals surface area contributed by atoms with Crippen molar-refractivity contribution in [2.24, 2.45) is 16.6 Å². The maximum atomic E-state index is 11.3. The number of amides is 1. The molecule has 2 N–H and O–H groups in total. The Morgan fingerprint density at radius 2 is 1.93 bits per heavy atom. The fraction of sp³-hybridized carbons (Fsp3) is 0.818. The Morgan fingerprint density at radius 1 is 1.33 bits per heavy atom. The molecule has 0 aromatic carbocycles. The van der Waals surface area contributed by atoms with Crippen LogP contribution < -0.4 is 5.73 Å². The molecule has 4 nitrogen and oxygen atoms in total. The Bertz CT molecular complexity index is 242. The van der Waals surface area contributed by atoms with Crippen molar-refractivity contribution in [3.63, 3.8) is 0 Å². The zero-order valence-corrected chi connectivity index (χ0v) is 9.70. The van der Waals surface area contributed by atoms with E-state index >= 15 is 0 Å². The van der Waals surface area contributed by atoms with Crippen LogP contribution in [-0.2, 0) is 4.79 Å². The second-order valence-electron chi connectivity index (χ2n) is 4.36. The molecule has 0 bridgehead atoms. The van der Waals surface area contributed by atoms with Crippen LogP contribution in [0.15, 0.2) is 4.99 Å². The Kier molecular flexibility index (Phi) is 4.59. The zero-order valence-electron chi connectivity index (χ0n) is 9.70. The van der Waals surface area contributed by atoms with Crippen LogP contribution in [0.5, 0.6) is 0 Å². The molecule has 0 atom stereocenters. The highest BCUT2D eigenvalue weighted by Crippen LogP contribution is 2.23. The number of nitrogens with zero attached hydrogens (tertiary/aromatic N) is 2. The summed E-state index contributed by atoms with van der Waals surface area (Å²) in [5.41, 5.74) is 5.88. The van der Waals surface area contributed by atoms with Crippen LogP contribution in [0.2, 0.25) is 0 Å². The molecule has 0 unspecified atom stereocenters. The lowest BCUT2D eigenvalue weighted by molar-refractivity contribution is -0.127. The first-order valence-electron chi connectivity index (χ1n) is 5.61. The quantitative estimate of drug-likeness (QED) is 0.559.